The minimum Gasteiger partial charge on any atom is -0.399 e. The Morgan fingerprint density at radius 3 is 2.47 bits per heavy atom. The van der Waals surface area contributed by atoms with E-state index in [2.05, 4.69) is 5.32 Å². The number of aliphatic hydroxyl groups excluding tert-OH is 1. The Morgan fingerprint density at radius 2 is 1.84 bits per heavy atom. The van der Waals surface area contributed by atoms with Crippen LogP contribution in [0.15, 0.2) is 24.3 Å². The van der Waals surface area contributed by atoms with Gasteiger partial charge in [0.25, 0.3) is 5.91 Å². The van der Waals surface area contributed by atoms with Gasteiger partial charge in [0.15, 0.2) is 0 Å². The van der Waals surface area contributed by atoms with E-state index in [0.717, 1.165) is 12.8 Å². The quantitative estimate of drug-likeness (QED) is 0.724. The molecule has 0 heterocycles. The highest BCUT2D eigenvalue weighted by atomic mass is 16.3. The highest BCUT2D eigenvalue weighted by Crippen LogP contribution is 2.29. The predicted octanol–water partition coefficient (Wildman–Crippen LogP) is 1.80. The lowest BCUT2D eigenvalue weighted by Crippen LogP contribution is -2.35. The fourth-order valence-corrected chi connectivity index (χ4v) is 2.75. The minimum atomic E-state index is -0.0673. The molecule has 4 nitrogen and oxygen atoms in total. The number of carbonyl (C=O) groups excluding carboxylic acids is 1. The van der Waals surface area contributed by atoms with E-state index in [9.17, 15) is 9.90 Å². The summed E-state index contributed by atoms with van der Waals surface area (Å²) in [5, 5.41) is 12.3. The first-order chi connectivity index (χ1) is 9.20. The molecule has 0 aliphatic heterocycles. The van der Waals surface area contributed by atoms with Crippen LogP contribution in [-0.2, 0) is 0 Å². The molecule has 0 saturated heterocycles. The maximum atomic E-state index is 12.0. The molecule has 2 atom stereocenters. The number of hydrogen-bond acceptors (Lipinski definition) is 3. The second-order valence-electron chi connectivity index (χ2n) is 5.32. The van der Waals surface area contributed by atoms with Gasteiger partial charge in [0.2, 0.25) is 0 Å². The highest BCUT2D eigenvalue weighted by Gasteiger charge is 2.24. The van der Waals surface area contributed by atoms with Crippen molar-refractivity contribution in [3.63, 3.8) is 0 Å². The summed E-state index contributed by atoms with van der Waals surface area (Å²) >= 11 is 0. The van der Waals surface area contributed by atoms with E-state index in [1.165, 1.54) is 12.8 Å². The molecule has 1 aliphatic carbocycles. The van der Waals surface area contributed by atoms with Crippen LogP contribution in [0.25, 0.3) is 0 Å². The first kappa shape index (κ1) is 13.9. The molecule has 104 valence electrons. The zero-order valence-electron chi connectivity index (χ0n) is 11.1. The summed E-state index contributed by atoms with van der Waals surface area (Å²) in [5.41, 5.74) is 6.88. The van der Waals surface area contributed by atoms with Gasteiger partial charge >= 0.3 is 0 Å². The number of nitrogens with one attached hydrogen (secondary N) is 1. The fraction of sp³-hybridized carbons (Fsp3) is 0.533. The van der Waals surface area contributed by atoms with Gasteiger partial charge in [-0.25, -0.2) is 0 Å². The SMILES string of the molecule is Nc1ccc(C(=O)NCC2CCCCC2CO)cc1. The summed E-state index contributed by atoms with van der Waals surface area (Å²) in [6, 6.07) is 6.92. The summed E-state index contributed by atoms with van der Waals surface area (Å²) in [6.45, 7) is 0.872. The van der Waals surface area contributed by atoms with Crippen LogP contribution in [0.2, 0.25) is 0 Å². The van der Waals surface area contributed by atoms with Crippen LogP contribution in [0.3, 0.4) is 0 Å². The van der Waals surface area contributed by atoms with E-state index >= 15 is 0 Å². The predicted molar refractivity (Wildman–Crippen MR) is 75.7 cm³/mol. The third-order valence-corrected chi connectivity index (χ3v) is 4.00. The van der Waals surface area contributed by atoms with Crippen molar-refractivity contribution in [2.24, 2.45) is 11.8 Å². The molecule has 19 heavy (non-hydrogen) atoms. The molecule has 0 radical (unpaired) electrons. The topological polar surface area (TPSA) is 75.4 Å². The van der Waals surface area contributed by atoms with Gasteiger partial charge in [-0.2, -0.15) is 0 Å². The lowest BCUT2D eigenvalue weighted by Gasteiger charge is -2.30. The molecule has 0 aromatic heterocycles. The van der Waals surface area contributed by atoms with Crippen LogP contribution in [-0.4, -0.2) is 24.2 Å². The van der Waals surface area contributed by atoms with Crippen LogP contribution < -0.4 is 11.1 Å². The van der Waals surface area contributed by atoms with E-state index in [1.54, 1.807) is 24.3 Å². The van der Waals surface area contributed by atoms with Gasteiger partial charge in [-0.15, -0.1) is 0 Å². The van der Waals surface area contributed by atoms with Crippen LogP contribution in [0.4, 0.5) is 5.69 Å². The van der Waals surface area contributed by atoms with Crippen LogP contribution in [0, 0.1) is 11.8 Å². The van der Waals surface area contributed by atoms with Crippen molar-refractivity contribution in [1.29, 1.82) is 0 Å². The van der Waals surface area contributed by atoms with Gasteiger partial charge in [0, 0.05) is 24.4 Å². The number of nitrogens with two attached hydrogens (primary N) is 1. The lowest BCUT2D eigenvalue weighted by molar-refractivity contribution is 0.0909. The van der Waals surface area contributed by atoms with Crippen molar-refractivity contribution in [2.75, 3.05) is 18.9 Å². The molecular formula is C15H22N2O2. The smallest absolute Gasteiger partial charge is 0.251 e. The monoisotopic (exact) mass is 262 g/mol. The van der Waals surface area contributed by atoms with Crippen molar-refractivity contribution in [1.82, 2.24) is 5.32 Å². The molecule has 0 bridgehead atoms. The third kappa shape index (κ3) is 3.70. The molecule has 4 heteroatoms. The normalized spacial score (nSPS) is 23.0. The van der Waals surface area contributed by atoms with Crippen molar-refractivity contribution in [3.8, 4) is 0 Å². The van der Waals surface area contributed by atoms with E-state index in [4.69, 9.17) is 5.73 Å². The third-order valence-electron chi connectivity index (χ3n) is 4.00. The van der Waals surface area contributed by atoms with Crippen molar-refractivity contribution >= 4 is 11.6 Å². The maximum Gasteiger partial charge on any atom is 0.251 e. The van der Waals surface area contributed by atoms with E-state index in [-0.39, 0.29) is 12.5 Å². The maximum absolute atomic E-state index is 12.0. The Bertz CT molecular complexity index is 417. The fourth-order valence-electron chi connectivity index (χ4n) is 2.75. The van der Waals surface area contributed by atoms with E-state index < -0.39 is 0 Å². The molecule has 0 spiro atoms. The Labute approximate surface area is 114 Å². The molecule has 1 fully saturated rings. The standard InChI is InChI=1S/C15H22N2O2/c16-14-7-5-11(6-8-14)15(19)17-9-12-3-1-2-4-13(12)10-18/h5-8,12-13,18H,1-4,9-10,16H2,(H,17,19). The number of rotatable bonds is 4. The average Bonchev–Trinajstić information content (AvgIpc) is 2.45. The second-order valence-corrected chi connectivity index (χ2v) is 5.32. The summed E-state index contributed by atoms with van der Waals surface area (Å²) in [6.07, 6.45) is 4.54. The number of aliphatic hydroxyl groups is 1. The van der Waals surface area contributed by atoms with Gasteiger partial charge in [0.1, 0.15) is 0 Å². The van der Waals surface area contributed by atoms with Crippen molar-refractivity contribution in [2.45, 2.75) is 25.7 Å². The summed E-state index contributed by atoms with van der Waals surface area (Å²) < 4.78 is 0. The van der Waals surface area contributed by atoms with Crippen molar-refractivity contribution in [3.05, 3.63) is 29.8 Å². The molecule has 1 aromatic rings. The Morgan fingerprint density at radius 1 is 1.21 bits per heavy atom. The Balaban J connectivity index is 1.87. The molecule has 2 unspecified atom stereocenters. The Kier molecular flexibility index (Phi) is 4.80. The van der Waals surface area contributed by atoms with Gasteiger partial charge in [-0.1, -0.05) is 12.8 Å². The molecule has 1 amide bonds. The molecule has 2 rings (SSSR count). The van der Waals surface area contributed by atoms with Gasteiger partial charge in [-0.3, -0.25) is 4.79 Å². The summed E-state index contributed by atoms with van der Waals surface area (Å²) in [4.78, 5) is 12.0. The number of anilines is 1. The number of amides is 1. The summed E-state index contributed by atoms with van der Waals surface area (Å²) in [7, 11) is 0. The largest absolute Gasteiger partial charge is 0.399 e. The second kappa shape index (κ2) is 6.57. The van der Waals surface area contributed by atoms with Crippen LogP contribution >= 0.6 is 0 Å². The molecular weight excluding hydrogens is 240 g/mol. The van der Waals surface area contributed by atoms with Crippen molar-refractivity contribution < 1.29 is 9.90 Å². The molecule has 1 aliphatic rings. The number of carbonyl (C=O) groups is 1. The molecule has 1 saturated carbocycles. The first-order valence-corrected chi connectivity index (χ1v) is 6.95. The molecule has 4 N–H and O–H groups in total. The zero-order chi connectivity index (χ0) is 13.7. The first-order valence-electron chi connectivity index (χ1n) is 6.95. The minimum absolute atomic E-state index is 0.0673. The highest BCUT2D eigenvalue weighted by molar-refractivity contribution is 5.94. The van der Waals surface area contributed by atoms with E-state index in [0.29, 0.717) is 29.6 Å². The van der Waals surface area contributed by atoms with Crippen LogP contribution in [0.5, 0.6) is 0 Å². The average molecular weight is 262 g/mol. The number of benzene rings is 1. The van der Waals surface area contributed by atoms with E-state index in [1.807, 2.05) is 0 Å². The zero-order valence-corrected chi connectivity index (χ0v) is 11.1. The number of hydrogen-bond donors (Lipinski definition) is 3. The molecule has 1 aromatic carbocycles. The van der Waals surface area contributed by atoms with Crippen LogP contribution in [0.1, 0.15) is 36.0 Å². The van der Waals surface area contributed by atoms with Gasteiger partial charge in [0.05, 0.1) is 0 Å². The summed E-state index contributed by atoms with van der Waals surface area (Å²) in [5.74, 6) is 0.666. The lowest BCUT2D eigenvalue weighted by atomic mass is 9.79. The number of nitrogen functional groups attached to an aromatic ring is 1. The Hall–Kier alpha value is -1.55. The van der Waals surface area contributed by atoms with Gasteiger partial charge in [-0.05, 0) is 48.9 Å². The van der Waals surface area contributed by atoms with Gasteiger partial charge < -0.3 is 16.2 Å².